The Morgan fingerprint density at radius 1 is 0.684 bits per heavy atom. The van der Waals surface area contributed by atoms with Crippen molar-refractivity contribution in [2.24, 2.45) is 0 Å². The topological polar surface area (TPSA) is 28.7 Å². The second-order valence-electron chi connectivity index (χ2n) is 10.1. The highest BCUT2D eigenvalue weighted by atomic mass is 15.0. The lowest BCUT2D eigenvalue weighted by Crippen LogP contribution is -2.07. The highest BCUT2D eigenvalue weighted by Gasteiger charge is 2.23. The summed E-state index contributed by atoms with van der Waals surface area (Å²) in [7, 11) is 0. The predicted molar refractivity (Wildman–Crippen MR) is 157 cm³/mol. The van der Waals surface area contributed by atoms with E-state index in [0.717, 1.165) is 17.7 Å². The number of benzene rings is 5. The Labute approximate surface area is 222 Å². The maximum absolute atomic E-state index is 9.26. The monoisotopic (exact) mass is 486 g/mol. The lowest BCUT2D eigenvalue weighted by molar-refractivity contribution is 0.769. The lowest BCUT2D eigenvalue weighted by atomic mass is 9.78. The average molecular weight is 487 g/mol. The Hall–Kier alpha value is -4.87. The number of hydrogen-bond donors (Lipinski definition) is 0. The maximum atomic E-state index is 9.26. The minimum atomic E-state index is 0.462. The van der Waals surface area contributed by atoms with Crippen LogP contribution in [0.1, 0.15) is 41.5 Å². The molecule has 1 aliphatic carbocycles. The molecule has 5 aromatic carbocycles. The fourth-order valence-corrected chi connectivity index (χ4v) is 6.02. The van der Waals surface area contributed by atoms with Gasteiger partial charge < -0.3 is 4.57 Å². The summed E-state index contributed by atoms with van der Waals surface area (Å²) >= 11 is 0. The van der Waals surface area contributed by atoms with Gasteiger partial charge in [0.05, 0.1) is 22.7 Å². The molecule has 0 amide bonds. The van der Waals surface area contributed by atoms with Crippen molar-refractivity contribution in [1.29, 1.82) is 5.26 Å². The van der Waals surface area contributed by atoms with E-state index in [4.69, 9.17) is 0 Å². The molecule has 7 rings (SSSR count). The van der Waals surface area contributed by atoms with Crippen LogP contribution in [0.3, 0.4) is 0 Å². The number of aromatic nitrogens is 1. The van der Waals surface area contributed by atoms with Gasteiger partial charge in [0.15, 0.2) is 0 Å². The van der Waals surface area contributed by atoms with Crippen molar-refractivity contribution < 1.29 is 0 Å². The Kier molecular flexibility index (Phi) is 5.23. The van der Waals surface area contributed by atoms with E-state index in [2.05, 4.69) is 127 Å². The molecule has 1 atom stereocenters. The number of rotatable bonds is 3. The molecule has 0 fully saturated rings. The van der Waals surface area contributed by atoms with Crippen molar-refractivity contribution >= 4 is 27.4 Å². The minimum Gasteiger partial charge on any atom is -0.309 e. The molecule has 2 heteroatoms. The highest BCUT2D eigenvalue weighted by molar-refractivity contribution is 6.09. The number of hydrogen-bond acceptors (Lipinski definition) is 1. The van der Waals surface area contributed by atoms with Gasteiger partial charge in [0.2, 0.25) is 0 Å². The molecule has 0 spiro atoms. The molecule has 1 heterocycles. The van der Waals surface area contributed by atoms with Crippen LogP contribution < -0.4 is 0 Å². The summed E-state index contributed by atoms with van der Waals surface area (Å²) < 4.78 is 2.36. The quantitative estimate of drug-likeness (QED) is 0.245. The van der Waals surface area contributed by atoms with E-state index < -0.39 is 0 Å². The van der Waals surface area contributed by atoms with E-state index in [1.807, 2.05) is 12.1 Å². The molecule has 1 aromatic heterocycles. The van der Waals surface area contributed by atoms with Crippen molar-refractivity contribution in [2.45, 2.75) is 19.3 Å². The molecule has 0 N–H and O–H groups in total. The van der Waals surface area contributed by atoms with E-state index in [9.17, 15) is 5.26 Å². The maximum Gasteiger partial charge on any atom is 0.0991 e. The first kappa shape index (κ1) is 22.3. The Bertz CT molecular complexity index is 1840. The highest BCUT2D eigenvalue weighted by Crippen LogP contribution is 2.43. The molecule has 0 aliphatic heterocycles. The summed E-state index contributed by atoms with van der Waals surface area (Å²) in [6, 6.07) is 43.1. The first-order chi connectivity index (χ1) is 18.7. The van der Waals surface area contributed by atoms with Crippen LogP contribution in [0.4, 0.5) is 0 Å². The van der Waals surface area contributed by atoms with Crippen LogP contribution >= 0.6 is 0 Å². The molecule has 0 saturated carbocycles. The van der Waals surface area contributed by atoms with E-state index in [1.165, 1.54) is 49.6 Å². The fourth-order valence-electron chi connectivity index (χ4n) is 6.02. The van der Waals surface area contributed by atoms with Gasteiger partial charge in [0.1, 0.15) is 0 Å². The van der Waals surface area contributed by atoms with Crippen molar-refractivity contribution in [1.82, 2.24) is 4.57 Å². The fraction of sp³-hybridized carbons (Fsp3) is 0.0833. The van der Waals surface area contributed by atoms with Crippen LogP contribution in [0.2, 0.25) is 0 Å². The van der Waals surface area contributed by atoms with Gasteiger partial charge in [0.25, 0.3) is 0 Å². The number of fused-ring (bicyclic) bond motifs is 4. The Morgan fingerprint density at radius 2 is 1.32 bits per heavy atom. The Balaban J connectivity index is 1.35. The van der Waals surface area contributed by atoms with Gasteiger partial charge in [0, 0.05) is 16.5 Å². The summed E-state index contributed by atoms with van der Waals surface area (Å²) in [6.45, 7) is 2.31. The summed E-state index contributed by atoms with van der Waals surface area (Å²) in [5, 5.41) is 11.8. The molecule has 0 radical (unpaired) electrons. The standard InChI is InChI=1S/C36H26N2/c1-24-13-22-31(36-29(24)9-6-10-30(36)26-16-14-25(23-37)15-17-26)27-18-20-28(21-19-27)38-34-11-4-2-7-32(34)33-8-3-5-12-35(33)38/h2-12,14-22,24H,13H2,1H3. The van der Waals surface area contributed by atoms with Gasteiger partial charge in [-0.05, 0) is 82.1 Å². The third kappa shape index (κ3) is 3.48. The molecule has 1 aliphatic rings. The molecule has 180 valence electrons. The normalized spacial score (nSPS) is 14.7. The van der Waals surface area contributed by atoms with Crippen LogP contribution in [0.15, 0.2) is 121 Å². The average Bonchev–Trinajstić information content (AvgIpc) is 3.32. The number of allylic oxidation sites excluding steroid dienone is 1. The van der Waals surface area contributed by atoms with Crippen LogP contribution in [0.25, 0.3) is 44.2 Å². The van der Waals surface area contributed by atoms with Gasteiger partial charge in [-0.25, -0.2) is 0 Å². The molecular weight excluding hydrogens is 460 g/mol. The van der Waals surface area contributed by atoms with E-state index in [-0.39, 0.29) is 0 Å². The van der Waals surface area contributed by atoms with Crippen LogP contribution in [0.5, 0.6) is 0 Å². The molecule has 2 nitrogen and oxygen atoms in total. The number of para-hydroxylation sites is 2. The second kappa shape index (κ2) is 8.91. The molecule has 1 unspecified atom stereocenters. The largest absolute Gasteiger partial charge is 0.309 e. The second-order valence-corrected chi connectivity index (χ2v) is 10.1. The van der Waals surface area contributed by atoms with Crippen LogP contribution in [-0.2, 0) is 0 Å². The summed E-state index contributed by atoms with van der Waals surface area (Å²) in [5.74, 6) is 0.462. The van der Waals surface area contributed by atoms with Gasteiger partial charge in [-0.1, -0.05) is 91.9 Å². The van der Waals surface area contributed by atoms with E-state index in [1.54, 1.807) is 0 Å². The molecule has 0 saturated heterocycles. The minimum absolute atomic E-state index is 0.462. The smallest absolute Gasteiger partial charge is 0.0991 e. The zero-order valence-electron chi connectivity index (χ0n) is 21.2. The molecule has 38 heavy (non-hydrogen) atoms. The van der Waals surface area contributed by atoms with Gasteiger partial charge in [-0.2, -0.15) is 5.26 Å². The molecule has 6 aromatic rings. The van der Waals surface area contributed by atoms with Gasteiger partial charge in [-0.15, -0.1) is 0 Å². The number of nitrogens with zero attached hydrogens (tertiary/aromatic N) is 2. The predicted octanol–water partition coefficient (Wildman–Crippen LogP) is 9.26. The lowest BCUT2D eigenvalue weighted by Gasteiger charge is -2.26. The van der Waals surface area contributed by atoms with Crippen molar-refractivity contribution in [3.05, 3.63) is 144 Å². The van der Waals surface area contributed by atoms with Crippen LogP contribution in [-0.4, -0.2) is 4.57 Å². The first-order valence-electron chi connectivity index (χ1n) is 13.2. The third-order valence-corrected chi connectivity index (χ3v) is 7.91. The zero-order chi connectivity index (χ0) is 25.6. The van der Waals surface area contributed by atoms with Gasteiger partial charge >= 0.3 is 0 Å². The summed E-state index contributed by atoms with van der Waals surface area (Å²) in [6.07, 6.45) is 3.42. The first-order valence-corrected chi connectivity index (χ1v) is 13.2. The van der Waals surface area contributed by atoms with Crippen molar-refractivity contribution in [3.63, 3.8) is 0 Å². The third-order valence-electron chi connectivity index (χ3n) is 7.91. The molecule has 0 bridgehead atoms. The van der Waals surface area contributed by atoms with E-state index >= 15 is 0 Å². The number of nitriles is 1. The summed E-state index contributed by atoms with van der Waals surface area (Å²) in [5.41, 5.74) is 11.9. The SMILES string of the molecule is CC1CC=C(c2ccc(-n3c4ccccc4c4ccccc43)cc2)c2c(-c3ccc(C#N)cc3)cccc21. The Morgan fingerprint density at radius 3 is 1.97 bits per heavy atom. The zero-order valence-corrected chi connectivity index (χ0v) is 21.2. The molecular formula is C36H26N2. The van der Waals surface area contributed by atoms with Crippen molar-refractivity contribution in [2.75, 3.05) is 0 Å². The van der Waals surface area contributed by atoms with Crippen LogP contribution in [0, 0.1) is 11.3 Å². The van der Waals surface area contributed by atoms with Crippen molar-refractivity contribution in [3.8, 4) is 22.9 Å². The van der Waals surface area contributed by atoms with E-state index in [0.29, 0.717) is 11.5 Å². The van der Waals surface area contributed by atoms with Gasteiger partial charge in [-0.3, -0.25) is 0 Å². The summed E-state index contributed by atoms with van der Waals surface area (Å²) in [4.78, 5) is 0.